The fourth-order valence-corrected chi connectivity index (χ4v) is 2.96. The standard InChI is InChI=1S/C8H5F2I2NO2/c9-8(10)7-6(12)3(1-5(14)15)4(11)2-13-7/h2,8H,1H2,(H,14,15). The molecule has 0 saturated heterocycles. The van der Waals surface area contributed by atoms with E-state index in [-0.39, 0.29) is 15.7 Å². The fourth-order valence-electron chi connectivity index (χ4n) is 0.986. The molecule has 0 spiro atoms. The third-order valence-electron chi connectivity index (χ3n) is 1.63. The summed E-state index contributed by atoms with van der Waals surface area (Å²) >= 11 is 3.59. The van der Waals surface area contributed by atoms with Crippen molar-refractivity contribution in [1.82, 2.24) is 4.98 Å². The Morgan fingerprint density at radius 1 is 1.53 bits per heavy atom. The van der Waals surface area contributed by atoms with E-state index in [2.05, 4.69) is 4.98 Å². The number of carboxylic acids is 1. The van der Waals surface area contributed by atoms with Gasteiger partial charge in [0, 0.05) is 13.3 Å². The third kappa shape index (κ3) is 3.20. The van der Waals surface area contributed by atoms with E-state index in [1.807, 2.05) is 22.6 Å². The Labute approximate surface area is 112 Å². The van der Waals surface area contributed by atoms with Crippen molar-refractivity contribution in [3.63, 3.8) is 0 Å². The number of carboxylic acid groups (broad SMARTS) is 1. The molecule has 0 aliphatic carbocycles. The Bertz CT molecular complexity index is 398. The molecular formula is C8H5F2I2NO2. The molecule has 15 heavy (non-hydrogen) atoms. The van der Waals surface area contributed by atoms with Crippen LogP contribution in [0.4, 0.5) is 8.78 Å². The van der Waals surface area contributed by atoms with E-state index >= 15 is 0 Å². The number of rotatable bonds is 3. The SMILES string of the molecule is O=C(O)Cc1c(I)cnc(C(F)F)c1I. The normalized spacial score (nSPS) is 10.7. The summed E-state index contributed by atoms with van der Waals surface area (Å²) in [6.07, 6.45) is -1.68. The zero-order valence-electron chi connectivity index (χ0n) is 7.18. The van der Waals surface area contributed by atoms with Gasteiger partial charge in [0.05, 0.1) is 6.42 Å². The van der Waals surface area contributed by atoms with Crippen LogP contribution in [0.25, 0.3) is 0 Å². The summed E-state index contributed by atoms with van der Waals surface area (Å²) in [5.41, 5.74) is 0.0428. The number of alkyl halides is 2. The van der Waals surface area contributed by atoms with Crippen LogP contribution in [0.15, 0.2) is 6.20 Å². The number of hydrogen-bond donors (Lipinski definition) is 1. The lowest BCUT2D eigenvalue weighted by molar-refractivity contribution is -0.136. The van der Waals surface area contributed by atoms with Crippen LogP contribution in [0.5, 0.6) is 0 Å². The number of aliphatic carboxylic acids is 1. The van der Waals surface area contributed by atoms with Gasteiger partial charge in [0.1, 0.15) is 5.69 Å². The van der Waals surface area contributed by atoms with Crippen molar-refractivity contribution in [3.05, 3.63) is 24.6 Å². The predicted octanol–water partition coefficient (Wildman–Crippen LogP) is 2.86. The van der Waals surface area contributed by atoms with Gasteiger partial charge in [0.25, 0.3) is 6.43 Å². The Balaban J connectivity index is 3.23. The second-order valence-electron chi connectivity index (χ2n) is 2.66. The van der Waals surface area contributed by atoms with E-state index in [1.54, 1.807) is 22.6 Å². The first-order valence-corrected chi connectivity index (χ1v) is 5.92. The van der Waals surface area contributed by atoms with Crippen molar-refractivity contribution in [2.45, 2.75) is 12.8 Å². The maximum Gasteiger partial charge on any atom is 0.307 e. The first-order valence-electron chi connectivity index (χ1n) is 3.76. The van der Waals surface area contributed by atoms with Crippen molar-refractivity contribution in [2.75, 3.05) is 0 Å². The zero-order valence-corrected chi connectivity index (χ0v) is 11.5. The van der Waals surface area contributed by atoms with Crippen LogP contribution in [0, 0.1) is 7.14 Å². The molecule has 0 fully saturated rings. The highest BCUT2D eigenvalue weighted by Gasteiger charge is 2.19. The number of aromatic nitrogens is 1. The average Bonchev–Trinajstić information content (AvgIpc) is 2.11. The van der Waals surface area contributed by atoms with Gasteiger partial charge in [-0.1, -0.05) is 0 Å². The van der Waals surface area contributed by atoms with Gasteiger partial charge < -0.3 is 5.11 Å². The van der Waals surface area contributed by atoms with Crippen LogP contribution in [0.1, 0.15) is 17.7 Å². The Hall–Kier alpha value is -0.0600. The van der Waals surface area contributed by atoms with Crippen LogP contribution in [-0.4, -0.2) is 16.1 Å². The van der Waals surface area contributed by atoms with Gasteiger partial charge in [0.15, 0.2) is 0 Å². The van der Waals surface area contributed by atoms with Crippen molar-refractivity contribution < 1.29 is 18.7 Å². The van der Waals surface area contributed by atoms with E-state index in [0.29, 0.717) is 9.13 Å². The maximum absolute atomic E-state index is 12.5. The van der Waals surface area contributed by atoms with Gasteiger partial charge >= 0.3 is 5.97 Å². The van der Waals surface area contributed by atoms with Gasteiger partial charge in [-0.15, -0.1) is 0 Å². The summed E-state index contributed by atoms with van der Waals surface area (Å²) in [7, 11) is 0. The zero-order chi connectivity index (χ0) is 11.6. The van der Waals surface area contributed by atoms with E-state index in [1.165, 1.54) is 6.20 Å². The molecule has 0 aliphatic rings. The first kappa shape index (κ1) is 13.0. The van der Waals surface area contributed by atoms with Gasteiger partial charge in [-0.3, -0.25) is 9.78 Å². The maximum atomic E-state index is 12.5. The predicted molar refractivity (Wildman–Crippen MR) is 66.0 cm³/mol. The van der Waals surface area contributed by atoms with Crippen LogP contribution in [-0.2, 0) is 11.2 Å². The fraction of sp³-hybridized carbons (Fsp3) is 0.250. The number of pyridine rings is 1. The molecule has 0 aromatic carbocycles. The van der Waals surface area contributed by atoms with E-state index in [0.717, 1.165) is 0 Å². The average molecular weight is 439 g/mol. The largest absolute Gasteiger partial charge is 0.481 e. The molecule has 0 amide bonds. The molecule has 0 bridgehead atoms. The quantitative estimate of drug-likeness (QED) is 0.738. The van der Waals surface area contributed by atoms with E-state index in [4.69, 9.17) is 5.11 Å². The van der Waals surface area contributed by atoms with Crippen molar-refractivity contribution in [2.24, 2.45) is 0 Å². The second kappa shape index (κ2) is 5.32. The van der Waals surface area contributed by atoms with E-state index < -0.39 is 12.4 Å². The van der Waals surface area contributed by atoms with Crippen molar-refractivity contribution in [3.8, 4) is 0 Å². The lowest BCUT2D eigenvalue weighted by Gasteiger charge is -2.08. The monoisotopic (exact) mass is 439 g/mol. The summed E-state index contributed by atoms with van der Waals surface area (Å²) in [4.78, 5) is 14.1. The molecule has 1 aromatic rings. The summed E-state index contributed by atoms with van der Waals surface area (Å²) in [6, 6.07) is 0. The smallest absolute Gasteiger partial charge is 0.307 e. The first-order chi connectivity index (χ1) is 6.93. The molecule has 1 heterocycles. The van der Waals surface area contributed by atoms with Gasteiger partial charge in [-0.2, -0.15) is 0 Å². The Morgan fingerprint density at radius 2 is 2.13 bits per heavy atom. The Kier molecular flexibility index (Phi) is 4.62. The minimum atomic E-state index is -2.68. The minimum Gasteiger partial charge on any atom is -0.481 e. The Morgan fingerprint density at radius 3 is 2.60 bits per heavy atom. The number of hydrogen-bond acceptors (Lipinski definition) is 2. The molecule has 1 rings (SSSR count). The van der Waals surface area contributed by atoms with Gasteiger partial charge in [-0.05, 0) is 50.7 Å². The highest BCUT2D eigenvalue weighted by molar-refractivity contribution is 14.1. The molecule has 0 aliphatic heterocycles. The lowest BCUT2D eigenvalue weighted by Crippen LogP contribution is -2.08. The van der Waals surface area contributed by atoms with Crippen LogP contribution < -0.4 is 0 Å². The molecule has 0 atom stereocenters. The van der Waals surface area contributed by atoms with Crippen molar-refractivity contribution >= 4 is 51.2 Å². The second-order valence-corrected chi connectivity index (χ2v) is 4.90. The van der Waals surface area contributed by atoms with Gasteiger partial charge in [-0.25, -0.2) is 8.78 Å². The molecule has 7 heteroatoms. The molecule has 1 aromatic heterocycles. The number of halogens is 4. The molecule has 0 radical (unpaired) electrons. The summed E-state index contributed by atoms with van der Waals surface area (Å²) in [5, 5.41) is 8.63. The van der Waals surface area contributed by atoms with E-state index in [9.17, 15) is 13.6 Å². The summed E-state index contributed by atoms with van der Waals surface area (Å²) in [6.45, 7) is 0. The summed E-state index contributed by atoms with van der Waals surface area (Å²) in [5.74, 6) is -1.04. The molecule has 0 unspecified atom stereocenters. The molecule has 0 saturated carbocycles. The topological polar surface area (TPSA) is 50.2 Å². The molecule has 3 nitrogen and oxygen atoms in total. The number of carbonyl (C=O) groups is 1. The number of nitrogens with zero attached hydrogens (tertiary/aromatic N) is 1. The molecule has 82 valence electrons. The highest BCUT2D eigenvalue weighted by atomic mass is 127. The third-order valence-corrected chi connectivity index (χ3v) is 3.76. The molecule has 1 N–H and O–H groups in total. The molecular weight excluding hydrogens is 434 g/mol. The minimum absolute atomic E-state index is 0.233. The van der Waals surface area contributed by atoms with Crippen LogP contribution in [0.3, 0.4) is 0 Å². The van der Waals surface area contributed by atoms with Crippen molar-refractivity contribution in [1.29, 1.82) is 0 Å². The van der Waals surface area contributed by atoms with Crippen LogP contribution in [0.2, 0.25) is 0 Å². The van der Waals surface area contributed by atoms with Gasteiger partial charge in [0.2, 0.25) is 0 Å². The lowest BCUT2D eigenvalue weighted by atomic mass is 10.2. The van der Waals surface area contributed by atoms with Crippen LogP contribution >= 0.6 is 45.2 Å². The highest BCUT2D eigenvalue weighted by Crippen LogP contribution is 2.27. The summed E-state index contributed by atoms with van der Waals surface area (Å²) < 4.78 is 25.7.